The van der Waals surface area contributed by atoms with Gasteiger partial charge in [0, 0.05) is 0 Å². The van der Waals surface area contributed by atoms with Crippen molar-refractivity contribution in [1.82, 2.24) is 0 Å². The molecule has 1 aliphatic carbocycles. The molecule has 12 heavy (non-hydrogen) atoms. The van der Waals surface area contributed by atoms with Gasteiger partial charge >= 0.3 is 5.97 Å². The van der Waals surface area contributed by atoms with Crippen LogP contribution in [0.2, 0.25) is 0 Å². The molecule has 1 rings (SSSR count). The van der Waals surface area contributed by atoms with Crippen molar-refractivity contribution in [2.75, 3.05) is 6.61 Å². The maximum Gasteiger partial charge on any atom is 0.315 e. The molecule has 4 heteroatoms. The van der Waals surface area contributed by atoms with Gasteiger partial charge in [-0.2, -0.15) is 0 Å². The molecule has 0 aromatic carbocycles. The lowest BCUT2D eigenvalue weighted by molar-refractivity contribution is -0.411. The normalized spacial score (nSPS) is 26.5. The van der Waals surface area contributed by atoms with E-state index in [4.69, 9.17) is 4.74 Å². The minimum Gasteiger partial charge on any atom is -1.00 e. The molecular formula is C8H14ClNO2. The van der Waals surface area contributed by atoms with Crippen molar-refractivity contribution in [2.24, 2.45) is 5.92 Å². The molecule has 0 unspecified atom stereocenters. The summed E-state index contributed by atoms with van der Waals surface area (Å²) >= 11 is 0. The van der Waals surface area contributed by atoms with E-state index in [9.17, 15) is 4.79 Å². The third-order valence-corrected chi connectivity index (χ3v) is 1.88. The summed E-state index contributed by atoms with van der Waals surface area (Å²) in [4.78, 5) is 11.2. The largest absolute Gasteiger partial charge is 1.00 e. The van der Waals surface area contributed by atoms with E-state index in [0.29, 0.717) is 6.61 Å². The fourth-order valence-corrected chi connectivity index (χ4v) is 1.23. The number of rotatable bonds is 2. The standard InChI is InChI=1S/C8H13NO2.ClH/c1-2-11-8(10)6-4-3-5-7(6)9;/h3,5-7H,2,4,9H2,1H3;1H/t6-,7+;/m1./s1. The van der Waals surface area contributed by atoms with Gasteiger partial charge in [-0.05, 0) is 19.4 Å². The van der Waals surface area contributed by atoms with Crippen LogP contribution >= 0.6 is 0 Å². The van der Waals surface area contributed by atoms with Crippen LogP contribution < -0.4 is 18.1 Å². The van der Waals surface area contributed by atoms with E-state index in [-0.39, 0.29) is 30.3 Å². The van der Waals surface area contributed by atoms with Gasteiger partial charge in [-0.15, -0.1) is 0 Å². The second-order valence-corrected chi connectivity index (χ2v) is 2.69. The number of carbonyl (C=O) groups excluding carboxylic acids is 1. The number of quaternary nitrogens is 1. The SMILES string of the molecule is CCOC(=O)[C@@H]1CC=C[C@@H]1[NH3+].[Cl-]. The Morgan fingerprint density at radius 1 is 1.75 bits per heavy atom. The third kappa shape index (κ3) is 2.50. The van der Waals surface area contributed by atoms with Crippen molar-refractivity contribution in [3.8, 4) is 0 Å². The van der Waals surface area contributed by atoms with Crippen molar-refractivity contribution in [1.29, 1.82) is 0 Å². The van der Waals surface area contributed by atoms with Crippen molar-refractivity contribution in [3.63, 3.8) is 0 Å². The first kappa shape index (κ1) is 11.5. The van der Waals surface area contributed by atoms with Gasteiger partial charge in [0.15, 0.2) is 0 Å². The second kappa shape index (κ2) is 5.17. The van der Waals surface area contributed by atoms with Crippen LogP contribution in [0.4, 0.5) is 0 Å². The Kier molecular flexibility index (Phi) is 4.93. The van der Waals surface area contributed by atoms with Crippen LogP contribution in [0, 0.1) is 5.92 Å². The zero-order chi connectivity index (χ0) is 8.27. The molecule has 0 aromatic rings. The smallest absolute Gasteiger partial charge is 0.315 e. The average Bonchev–Trinajstić information content (AvgIpc) is 2.36. The van der Waals surface area contributed by atoms with Crippen LogP contribution in [0.5, 0.6) is 0 Å². The van der Waals surface area contributed by atoms with Gasteiger partial charge in [-0.3, -0.25) is 4.79 Å². The number of hydrogen-bond donors (Lipinski definition) is 1. The van der Waals surface area contributed by atoms with Gasteiger partial charge in [0.1, 0.15) is 12.0 Å². The molecule has 0 saturated heterocycles. The van der Waals surface area contributed by atoms with E-state index in [1.807, 2.05) is 19.1 Å². The number of carbonyl (C=O) groups is 1. The molecule has 3 nitrogen and oxygen atoms in total. The molecular weight excluding hydrogens is 178 g/mol. The molecule has 70 valence electrons. The van der Waals surface area contributed by atoms with Crippen LogP contribution in [-0.4, -0.2) is 18.6 Å². The van der Waals surface area contributed by atoms with E-state index in [0.717, 1.165) is 6.42 Å². The zero-order valence-electron chi connectivity index (χ0n) is 7.13. The molecule has 0 aliphatic heterocycles. The molecule has 2 atom stereocenters. The summed E-state index contributed by atoms with van der Waals surface area (Å²) in [6.07, 6.45) is 4.73. The minimum atomic E-state index is -0.113. The quantitative estimate of drug-likeness (QED) is 0.368. The number of hydrogen-bond acceptors (Lipinski definition) is 2. The van der Waals surface area contributed by atoms with E-state index in [2.05, 4.69) is 5.73 Å². The fourth-order valence-electron chi connectivity index (χ4n) is 1.23. The monoisotopic (exact) mass is 191 g/mol. The van der Waals surface area contributed by atoms with Gasteiger partial charge < -0.3 is 22.9 Å². The van der Waals surface area contributed by atoms with Crippen LogP contribution in [0.15, 0.2) is 12.2 Å². The van der Waals surface area contributed by atoms with E-state index in [1.54, 1.807) is 0 Å². The lowest BCUT2D eigenvalue weighted by Gasteiger charge is -2.10. The van der Waals surface area contributed by atoms with Gasteiger partial charge in [-0.25, -0.2) is 0 Å². The molecule has 0 saturated carbocycles. The van der Waals surface area contributed by atoms with Gasteiger partial charge in [0.05, 0.1) is 6.61 Å². The molecule has 0 bridgehead atoms. The minimum absolute atomic E-state index is 0. The average molecular weight is 192 g/mol. The van der Waals surface area contributed by atoms with Crippen molar-refractivity contribution >= 4 is 5.97 Å². The Bertz CT molecular complexity index is 182. The molecule has 0 aromatic heterocycles. The first-order valence-corrected chi connectivity index (χ1v) is 3.92. The summed E-state index contributed by atoms with van der Waals surface area (Å²) in [5.41, 5.74) is 3.83. The lowest BCUT2D eigenvalue weighted by atomic mass is 10.0. The fraction of sp³-hybridized carbons (Fsp3) is 0.625. The maximum absolute atomic E-state index is 11.2. The van der Waals surface area contributed by atoms with Gasteiger partial charge in [-0.1, -0.05) is 6.08 Å². The third-order valence-electron chi connectivity index (χ3n) is 1.88. The predicted molar refractivity (Wildman–Crippen MR) is 40.6 cm³/mol. The number of esters is 1. The Hall–Kier alpha value is -0.540. The molecule has 0 radical (unpaired) electrons. The summed E-state index contributed by atoms with van der Waals surface area (Å²) < 4.78 is 4.88. The summed E-state index contributed by atoms with van der Waals surface area (Å²) in [6, 6.07) is 0.106. The summed E-state index contributed by atoms with van der Waals surface area (Å²) in [5.74, 6) is -0.146. The Labute approximate surface area is 78.4 Å². The van der Waals surface area contributed by atoms with E-state index < -0.39 is 0 Å². The van der Waals surface area contributed by atoms with Crippen LogP contribution in [0.1, 0.15) is 13.3 Å². The molecule has 0 fully saturated rings. The summed E-state index contributed by atoms with van der Waals surface area (Å²) in [6.45, 7) is 2.28. The Morgan fingerprint density at radius 2 is 2.42 bits per heavy atom. The first-order chi connectivity index (χ1) is 5.25. The van der Waals surface area contributed by atoms with Gasteiger partial charge in [0.2, 0.25) is 0 Å². The lowest BCUT2D eigenvalue weighted by Crippen LogP contribution is -3.00. The molecule has 3 N–H and O–H groups in total. The van der Waals surface area contributed by atoms with E-state index in [1.165, 1.54) is 0 Å². The Morgan fingerprint density at radius 3 is 2.83 bits per heavy atom. The first-order valence-electron chi connectivity index (χ1n) is 3.92. The highest BCUT2D eigenvalue weighted by molar-refractivity contribution is 5.74. The Balaban J connectivity index is 0.00000121. The number of ether oxygens (including phenoxy) is 1. The highest BCUT2D eigenvalue weighted by atomic mass is 35.5. The molecule has 0 amide bonds. The zero-order valence-corrected chi connectivity index (χ0v) is 7.88. The van der Waals surface area contributed by atoms with Gasteiger partial charge in [0.25, 0.3) is 0 Å². The van der Waals surface area contributed by atoms with Crippen LogP contribution in [0.25, 0.3) is 0 Å². The van der Waals surface area contributed by atoms with Crippen molar-refractivity contribution in [3.05, 3.63) is 12.2 Å². The summed E-state index contributed by atoms with van der Waals surface area (Å²) in [7, 11) is 0. The topological polar surface area (TPSA) is 53.9 Å². The molecule has 1 aliphatic rings. The maximum atomic E-state index is 11.2. The highest BCUT2D eigenvalue weighted by Crippen LogP contribution is 2.16. The molecule has 0 heterocycles. The highest BCUT2D eigenvalue weighted by Gasteiger charge is 2.30. The van der Waals surface area contributed by atoms with E-state index >= 15 is 0 Å². The predicted octanol–water partition coefficient (Wildman–Crippen LogP) is -3.26. The van der Waals surface area contributed by atoms with Crippen LogP contribution in [-0.2, 0) is 9.53 Å². The second-order valence-electron chi connectivity index (χ2n) is 2.69. The van der Waals surface area contributed by atoms with Crippen LogP contribution in [0.3, 0.4) is 0 Å². The van der Waals surface area contributed by atoms with Crippen molar-refractivity contribution in [2.45, 2.75) is 19.4 Å². The summed E-state index contributed by atoms with van der Waals surface area (Å²) in [5, 5.41) is 0. The molecule has 0 spiro atoms. The number of halogens is 1. The number of allylic oxidation sites excluding steroid dienone is 1. The van der Waals surface area contributed by atoms with Crippen molar-refractivity contribution < 1.29 is 27.7 Å².